The van der Waals surface area contributed by atoms with E-state index in [1.807, 2.05) is 6.92 Å². The van der Waals surface area contributed by atoms with Gasteiger partial charge in [0.25, 0.3) is 0 Å². The number of aromatic nitrogens is 1. The van der Waals surface area contributed by atoms with E-state index >= 15 is 0 Å². The van der Waals surface area contributed by atoms with Crippen molar-refractivity contribution >= 4 is 16.5 Å². The largest absolute Gasteiger partial charge is 0.359 e. The summed E-state index contributed by atoms with van der Waals surface area (Å²) in [5, 5.41) is 15.2. The maximum atomic E-state index is 8.61. The predicted molar refractivity (Wildman–Crippen MR) is 65.5 cm³/mol. The van der Waals surface area contributed by atoms with Crippen LogP contribution in [0, 0.1) is 18.3 Å². The Balaban J connectivity index is 1.79. The molecular formula is C11H16N4S. The van der Waals surface area contributed by atoms with E-state index in [2.05, 4.69) is 26.6 Å². The Bertz CT molecular complexity index is 374. The van der Waals surface area contributed by atoms with Crippen molar-refractivity contribution in [2.75, 3.05) is 25.0 Å². The molecule has 0 aliphatic carbocycles. The molecule has 1 aromatic rings. The molecule has 4 nitrogen and oxygen atoms in total. The van der Waals surface area contributed by atoms with Gasteiger partial charge in [-0.2, -0.15) is 5.26 Å². The number of anilines is 1. The van der Waals surface area contributed by atoms with Gasteiger partial charge in [0.2, 0.25) is 0 Å². The predicted octanol–water partition coefficient (Wildman–Crippen LogP) is 1.85. The Hall–Kier alpha value is -1.12. The summed E-state index contributed by atoms with van der Waals surface area (Å²) in [4.78, 5) is 6.60. The van der Waals surface area contributed by atoms with E-state index in [0.29, 0.717) is 12.6 Å². The second-order valence-corrected chi connectivity index (χ2v) is 5.01. The third-order valence-electron chi connectivity index (χ3n) is 2.83. The van der Waals surface area contributed by atoms with Crippen molar-refractivity contribution in [3.63, 3.8) is 0 Å². The van der Waals surface area contributed by atoms with Gasteiger partial charge in [-0.05, 0) is 19.8 Å². The number of nitrogens with zero attached hydrogens (tertiary/aromatic N) is 3. The third-order valence-corrected chi connectivity index (χ3v) is 3.72. The molecule has 1 saturated heterocycles. The molecule has 1 aliphatic heterocycles. The number of rotatable bonds is 3. The van der Waals surface area contributed by atoms with Crippen molar-refractivity contribution in [1.29, 1.82) is 5.26 Å². The molecule has 86 valence electrons. The minimum atomic E-state index is 0.514. The highest BCUT2D eigenvalue weighted by Gasteiger charge is 2.19. The van der Waals surface area contributed by atoms with E-state index in [0.717, 1.165) is 36.8 Å². The lowest BCUT2D eigenvalue weighted by Crippen LogP contribution is -2.39. The SMILES string of the molecule is Cc1csc(NC2CCN(CC#N)CC2)n1. The number of nitrogens with one attached hydrogen (secondary N) is 1. The third kappa shape index (κ3) is 2.94. The van der Waals surface area contributed by atoms with E-state index in [4.69, 9.17) is 5.26 Å². The molecular weight excluding hydrogens is 220 g/mol. The lowest BCUT2D eigenvalue weighted by atomic mass is 10.1. The molecule has 1 fully saturated rings. The van der Waals surface area contributed by atoms with E-state index in [1.165, 1.54) is 0 Å². The zero-order valence-electron chi connectivity index (χ0n) is 9.44. The highest BCUT2D eigenvalue weighted by Crippen LogP contribution is 2.19. The van der Waals surface area contributed by atoms with Gasteiger partial charge in [0.1, 0.15) is 0 Å². The highest BCUT2D eigenvalue weighted by atomic mass is 32.1. The van der Waals surface area contributed by atoms with Crippen LogP contribution in [0.1, 0.15) is 18.5 Å². The van der Waals surface area contributed by atoms with Crippen LogP contribution in [0.25, 0.3) is 0 Å². The van der Waals surface area contributed by atoms with Crippen LogP contribution in [-0.4, -0.2) is 35.6 Å². The lowest BCUT2D eigenvalue weighted by Gasteiger charge is -2.30. The Morgan fingerprint density at radius 2 is 2.38 bits per heavy atom. The van der Waals surface area contributed by atoms with Crippen LogP contribution in [0.2, 0.25) is 0 Å². The summed E-state index contributed by atoms with van der Waals surface area (Å²) in [7, 11) is 0. The fourth-order valence-electron chi connectivity index (χ4n) is 1.93. The lowest BCUT2D eigenvalue weighted by molar-refractivity contribution is 0.242. The molecule has 0 bridgehead atoms. The normalized spacial score (nSPS) is 18.2. The average molecular weight is 236 g/mol. The fourth-order valence-corrected chi connectivity index (χ4v) is 2.70. The van der Waals surface area contributed by atoms with E-state index < -0.39 is 0 Å². The molecule has 1 aliphatic rings. The first kappa shape index (κ1) is 11.4. The molecule has 0 saturated carbocycles. The average Bonchev–Trinajstić information content (AvgIpc) is 2.67. The number of piperidine rings is 1. The summed E-state index contributed by atoms with van der Waals surface area (Å²) in [6.07, 6.45) is 2.20. The molecule has 0 atom stereocenters. The quantitative estimate of drug-likeness (QED) is 0.814. The summed E-state index contributed by atoms with van der Waals surface area (Å²) >= 11 is 1.67. The van der Waals surface area contributed by atoms with Gasteiger partial charge >= 0.3 is 0 Å². The first-order valence-electron chi connectivity index (χ1n) is 5.56. The molecule has 1 N–H and O–H groups in total. The first-order valence-corrected chi connectivity index (χ1v) is 6.44. The highest BCUT2D eigenvalue weighted by molar-refractivity contribution is 7.13. The molecule has 2 rings (SSSR count). The van der Waals surface area contributed by atoms with Gasteiger partial charge in [0, 0.05) is 24.5 Å². The maximum Gasteiger partial charge on any atom is 0.183 e. The maximum absolute atomic E-state index is 8.61. The first-order chi connectivity index (χ1) is 7.78. The zero-order valence-corrected chi connectivity index (χ0v) is 10.3. The Morgan fingerprint density at radius 1 is 1.62 bits per heavy atom. The van der Waals surface area contributed by atoms with Crippen molar-refractivity contribution in [1.82, 2.24) is 9.88 Å². The van der Waals surface area contributed by atoms with E-state index in [9.17, 15) is 0 Å². The molecule has 1 aromatic heterocycles. The number of thiazole rings is 1. The van der Waals surface area contributed by atoms with Gasteiger partial charge in [-0.25, -0.2) is 4.98 Å². The summed E-state index contributed by atoms with van der Waals surface area (Å²) in [6.45, 7) is 4.59. The molecule has 0 unspecified atom stereocenters. The van der Waals surface area contributed by atoms with Gasteiger partial charge in [-0.1, -0.05) is 0 Å². The van der Waals surface area contributed by atoms with Crippen LogP contribution < -0.4 is 5.32 Å². The summed E-state index contributed by atoms with van der Waals surface area (Å²) < 4.78 is 0. The van der Waals surface area contributed by atoms with Crippen molar-refractivity contribution in [3.05, 3.63) is 11.1 Å². The van der Waals surface area contributed by atoms with Gasteiger partial charge in [-0.15, -0.1) is 11.3 Å². The van der Waals surface area contributed by atoms with Crippen molar-refractivity contribution < 1.29 is 0 Å². The summed E-state index contributed by atoms with van der Waals surface area (Å²) in [5.41, 5.74) is 1.08. The van der Waals surface area contributed by atoms with Crippen LogP contribution in [0.3, 0.4) is 0 Å². The fraction of sp³-hybridized carbons (Fsp3) is 0.636. The Morgan fingerprint density at radius 3 is 2.94 bits per heavy atom. The second-order valence-electron chi connectivity index (χ2n) is 4.15. The number of aryl methyl sites for hydroxylation is 1. The van der Waals surface area contributed by atoms with Crippen molar-refractivity contribution in [2.24, 2.45) is 0 Å². The Labute approximate surface area is 99.9 Å². The minimum absolute atomic E-state index is 0.514. The molecule has 5 heteroatoms. The van der Waals surface area contributed by atoms with Crippen molar-refractivity contribution in [2.45, 2.75) is 25.8 Å². The van der Waals surface area contributed by atoms with Crippen LogP contribution in [0.5, 0.6) is 0 Å². The molecule has 0 amide bonds. The van der Waals surface area contributed by atoms with Crippen LogP contribution >= 0.6 is 11.3 Å². The summed E-state index contributed by atoms with van der Waals surface area (Å²) in [6, 6.07) is 2.71. The number of hydrogen-bond acceptors (Lipinski definition) is 5. The standard InChI is InChI=1S/C11H16N4S/c1-9-8-16-11(13-9)14-10-2-5-15(6-3-10)7-4-12/h8,10H,2-3,5-7H2,1H3,(H,13,14). The Kier molecular flexibility index (Phi) is 3.75. The van der Waals surface area contributed by atoms with Gasteiger partial charge < -0.3 is 5.32 Å². The zero-order chi connectivity index (χ0) is 11.4. The smallest absolute Gasteiger partial charge is 0.183 e. The monoisotopic (exact) mass is 236 g/mol. The molecule has 16 heavy (non-hydrogen) atoms. The molecule has 0 aromatic carbocycles. The number of hydrogen-bond donors (Lipinski definition) is 1. The summed E-state index contributed by atoms with van der Waals surface area (Å²) in [5.74, 6) is 0. The number of nitriles is 1. The van der Waals surface area contributed by atoms with Gasteiger partial charge in [0.15, 0.2) is 5.13 Å². The van der Waals surface area contributed by atoms with Crippen LogP contribution in [0.15, 0.2) is 5.38 Å². The van der Waals surface area contributed by atoms with Crippen molar-refractivity contribution in [3.8, 4) is 6.07 Å². The van der Waals surface area contributed by atoms with Gasteiger partial charge in [0.05, 0.1) is 18.3 Å². The number of likely N-dealkylation sites (tertiary alicyclic amines) is 1. The minimum Gasteiger partial charge on any atom is -0.359 e. The van der Waals surface area contributed by atoms with Gasteiger partial charge in [-0.3, -0.25) is 4.90 Å². The van der Waals surface area contributed by atoms with E-state index in [-0.39, 0.29) is 0 Å². The van der Waals surface area contributed by atoms with Crippen LogP contribution in [0.4, 0.5) is 5.13 Å². The van der Waals surface area contributed by atoms with E-state index in [1.54, 1.807) is 11.3 Å². The topological polar surface area (TPSA) is 52.0 Å². The molecule has 0 spiro atoms. The molecule has 0 radical (unpaired) electrons. The van der Waals surface area contributed by atoms with Crippen LogP contribution in [-0.2, 0) is 0 Å². The molecule has 2 heterocycles. The second kappa shape index (κ2) is 5.28.